The summed E-state index contributed by atoms with van der Waals surface area (Å²) in [5.74, 6) is 0.840. The van der Waals surface area contributed by atoms with Crippen LogP contribution in [0, 0.1) is 5.92 Å². The summed E-state index contributed by atoms with van der Waals surface area (Å²) in [4.78, 5) is 11.5. The van der Waals surface area contributed by atoms with E-state index in [0.29, 0.717) is 11.5 Å². The van der Waals surface area contributed by atoms with Gasteiger partial charge in [-0.25, -0.2) is 0 Å². The second kappa shape index (κ2) is 7.05. The second-order valence-corrected chi connectivity index (χ2v) is 6.33. The summed E-state index contributed by atoms with van der Waals surface area (Å²) in [6.45, 7) is 4.19. The van der Waals surface area contributed by atoms with Crippen molar-refractivity contribution in [1.29, 1.82) is 0 Å². The zero-order valence-corrected chi connectivity index (χ0v) is 14.2. The van der Waals surface area contributed by atoms with Crippen LogP contribution in [0.25, 0.3) is 11.3 Å². The Labute approximate surface area is 142 Å². The number of aryl methyl sites for hydroxylation is 1. The summed E-state index contributed by atoms with van der Waals surface area (Å²) in [5, 5.41) is 7.59. The molecule has 1 aromatic carbocycles. The minimum absolute atomic E-state index is 0.110. The van der Waals surface area contributed by atoms with Crippen LogP contribution in [0.2, 0.25) is 0 Å². The third kappa shape index (κ3) is 3.43. The van der Waals surface area contributed by atoms with Crippen LogP contribution in [0.3, 0.4) is 0 Å². The zero-order chi connectivity index (χ0) is 17.1. The highest BCUT2D eigenvalue weighted by atomic mass is 16.5. The Morgan fingerprint density at radius 1 is 1.38 bits per heavy atom. The molecule has 0 radical (unpaired) electrons. The summed E-state index contributed by atoms with van der Waals surface area (Å²) in [6.07, 6.45) is 4.06. The number of hydrogen-bond acceptors (Lipinski definition) is 4. The third-order valence-electron chi connectivity index (χ3n) is 4.72. The maximum Gasteiger partial charge on any atom is 0.248 e. The van der Waals surface area contributed by atoms with Crippen molar-refractivity contribution in [2.75, 3.05) is 13.1 Å². The van der Waals surface area contributed by atoms with Crippen LogP contribution in [0.15, 0.2) is 30.5 Å². The van der Waals surface area contributed by atoms with E-state index in [1.54, 1.807) is 23.0 Å². The number of benzene rings is 1. The SMILES string of the molecule is CC(Oc1ccc(C(N)=O)cc1-c1ccnn1C)C1CCNCC1. The third-order valence-corrected chi connectivity index (χ3v) is 4.72. The first-order valence-corrected chi connectivity index (χ1v) is 8.36. The standard InChI is InChI=1S/C18H24N4O2/c1-12(13-5-8-20-9-6-13)24-17-4-3-14(18(19)23)11-15(17)16-7-10-21-22(16)2/h3-4,7,10-13,20H,5-6,8-9H2,1-2H3,(H2,19,23). The van der Waals surface area contributed by atoms with Crippen molar-refractivity contribution in [2.24, 2.45) is 18.7 Å². The molecule has 3 N–H and O–H groups in total. The fourth-order valence-corrected chi connectivity index (χ4v) is 3.23. The van der Waals surface area contributed by atoms with Crippen LogP contribution < -0.4 is 15.8 Å². The number of primary amides is 1. The number of carbonyl (C=O) groups excluding carboxylic acids is 1. The molecular weight excluding hydrogens is 304 g/mol. The van der Waals surface area contributed by atoms with Crippen molar-refractivity contribution < 1.29 is 9.53 Å². The van der Waals surface area contributed by atoms with E-state index in [1.807, 2.05) is 19.2 Å². The Kier molecular flexibility index (Phi) is 4.85. The highest BCUT2D eigenvalue weighted by Crippen LogP contribution is 2.33. The normalized spacial score (nSPS) is 16.8. The Hall–Kier alpha value is -2.34. The maximum absolute atomic E-state index is 11.5. The summed E-state index contributed by atoms with van der Waals surface area (Å²) >= 11 is 0. The van der Waals surface area contributed by atoms with Crippen LogP contribution in [0.4, 0.5) is 0 Å². The van der Waals surface area contributed by atoms with Crippen LogP contribution in [-0.2, 0) is 7.05 Å². The predicted octanol–water partition coefficient (Wildman–Crippen LogP) is 1.95. The molecule has 1 aliphatic rings. The molecule has 2 aromatic rings. The topological polar surface area (TPSA) is 82.2 Å². The lowest BCUT2D eigenvalue weighted by molar-refractivity contribution is 0.1000. The fourth-order valence-electron chi connectivity index (χ4n) is 3.23. The number of nitrogens with zero attached hydrogens (tertiary/aromatic N) is 2. The molecule has 1 amide bonds. The number of nitrogens with one attached hydrogen (secondary N) is 1. The molecule has 6 nitrogen and oxygen atoms in total. The van der Waals surface area contributed by atoms with Crippen molar-refractivity contribution in [3.05, 3.63) is 36.0 Å². The summed E-state index contributed by atoms with van der Waals surface area (Å²) in [6, 6.07) is 7.23. The molecule has 3 rings (SSSR count). The fraction of sp³-hybridized carbons (Fsp3) is 0.444. The minimum Gasteiger partial charge on any atom is -0.490 e. The smallest absolute Gasteiger partial charge is 0.248 e. The van der Waals surface area contributed by atoms with Crippen LogP contribution in [0.5, 0.6) is 5.75 Å². The van der Waals surface area contributed by atoms with Gasteiger partial charge in [0.15, 0.2) is 0 Å². The number of nitrogens with two attached hydrogens (primary N) is 1. The number of hydrogen-bond donors (Lipinski definition) is 2. The van der Waals surface area contributed by atoms with Gasteiger partial charge in [-0.15, -0.1) is 0 Å². The average molecular weight is 328 g/mol. The molecule has 0 aliphatic carbocycles. The highest BCUT2D eigenvalue weighted by Gasteiger charge is 2.23. The van der Waals surface area contributed by atoms with Crippen LogP contribution in [-0.4, -0.2) is 34.9 Å². The number of piperidine rings is 1. The van der Waals surface area contributed by atoms with Gasteiger partial charge in [0.1, 0.15) is 5.75 Å². The molecule has 1 aliphatic heterocycles. The van der Waals surface area contributed by atoms with Gasteiger partial charge in [0.25, 0.3) is 0 Å². The van der Waals surface area contributed by atoms with Crippen molar-refractivity contribution in [1.82, 2.24) is 15.1 Å². The van der Waals surface area contributed by atoms with Gasteiger partial charge in [0.2, 0.25) is 5.91 Å². The first-order chi connectivity index (χ1) is 11.6. The van der Waals surface area contributed by atoms with E-state index < -0.39 is 5.91 Å². The Bertz CT molecular complexity index is 720. The second-order valence-electron chi connectivity index (χ2n) is 6.33. The number of ether oxygens (including phenoxy) is 1. The van der Waals surface area contributed by atoms with Gasteiger partial charge >= 0.3 is 0 Å². The number of rotatable bonds is 5. The van der Waals surface area contributed by atoms with E-state index in [4.69, 9.17) is 10.5 Å². The first kappa shape index (κ1) is 16.5. The summed E-state index contributed by atoms with van der Waals surface area (Å²) < 4.78 is 8.04. The lowest BCUT2D eigenvalue weighted by atomic mass is 9.93. The van der Waals surface area contributed by atoms with E-state index in [0.717, 1.165) is 42.9 Å². The lowest BCUT2D eigenvalue weighted by Gasteiger charge is -2.29. The lowest BCUT2D eigenvalue weighted by Crippen LogP contribution is -2.35. The van der Waals surface area contributed by atoms with Gasteiger partial charge in [0, 0.05) is 24.4 Å². The van der Waals surface area contributed by atoms with Gasteiger partial charge < -0.3 is 15.8 Å². The van der Waals surface area contributed by atoms with E-state index in [2.05, 4.69) is 17.3 Å². The largest absolute Gasteiger partial charge is 0.490 e. The molecule has 6 heteroatoms. The van der Waals surface area contributed by atoms with E-state index >= 15 is 0 Å². The molecule has 1 aromatic heterocycles. The monoisotopic (exact) mass is 328 g/mol. The maximum atomic E-state index is 11.5. The molecule has 1 saturated heterocycles. The molecule has 24 heavy (non-hydrogen) atoms. The van der Waals surface area contributed by atoms with Gasteiger partial charge in [-0.05, 0) is 63.0 Å². The Morgan fingerprint density at radius 2 is 2.12 bits per heavy atom. The molecule has 0 spiro atoms. The quantitative estimate of drug-likeness (QED) is 0.879. The number of aromatic nitrogens is 2. The van der Waals surface area contributed by atoms with Crippen LogP contribution in [0.1, 0.15) is 30.1 Å². The molecule has 128 valence electrons. The van der Waals surface area contributed by atoms with Gasteiger partial charge in [-0.2, -0.15) is 5.10 Å². The first-order valence-electron chi connectivity index (χ1n) is 8.36. The zero-order valence-electron chi connectivity index (χ0n) is 14.2. The Balaban J connectivity index is 1.91. The highest BCUT2D eigenvalue weighted by molar-refractivity contribution is 5.94. The van der Waals surface area contributed by atoms with Crippen LogP contribution >= 0.6 is 0 Å². The molecule has 1 unspecified atom stereocenters. The van der Waals surface area contributed by atoms with Crippen molar-refractivity contribution in [3.8, 4) is 17.0 Å². The Morgan fingerprint density at radius 3 is 2.75 bits per heavy atom. The summed E-state index contributed by atoms with van der Waals surface area (Å²) in [7, 11) is 1.87. The molecule has 1 atom stereocenters. The van der Waals surface area contributed by atoms with Gasteiger partial charge in [-0.1, -0.05) is 0 Å². The molecule has 2 heterocycles. The number of carbonyl (C=O) groups is 1. The minimum atomic E-state index is -0.448. The average Bonchev–Trinajstić information content (AvgIpc) is 3.01. The molecule has 0 saturated carbocycles. The van der Waals surface area contributed by atoms with E-state index in [-0.39, 0.29) is 6.10 Å². The van der Waals surface area contributed by atoms with E-state index in [9.17, 15) is 4.79 Å². The molecular formula is C18H24N4O2. The predicted molar refractivity (Wildman–Crippen MR) is 92.8 cm³/mol. The van der Waals surface area contributed by atoms with Crippen molar-refractivity contribution in [3.63, 3.8) is 0 Å². The molecule has 1 fully saturated rings. The van der Waals surface area contributed by atoms with E-state index in [1.165, 1.54) is 0 Å². The van der Waals surface area contributed by atoms with Crippen molar-refractivity contribution in [2.45, 2.75) is 25.9 Å². The number of amides is 1. The van der Waals surface area contributed by atoms with Gasteiger partial charge in [0.05, 0.1) is 11.8 Å². The van der Waals surface area contributed by atoms with Gasteiger partial charge in [-0.3, -0.25) is 9.48 Å². The molecule has 0 bridgehead atoms. The summed E-state index contributed by atoms with van der Waals surface area (Å²) in [5.41, 5.74) is 7.63. The van der Waals surface area contributed by atoms with Crippen molar-refractivity contribution >= 4 is 5.91 Å².